The summed E-state index contributed by atoms with van der Waals surface area (Å²) in [5.41, 5.74) is 0.662. The van der Waals surface area contributed by atoms with Gasteiger partial charge in [0.05, 0.1) is 23.8 Å². The van der Waals surface area contributed by atoms with Crippen LogP contribution in [0.5, 0.6) is 0 Å². The van der Waals surface area contributed by atoms with Crippen molar-refractivity contribution in [2.75, 3.05) is 6.61 Å². The van der Waals surface area contributed by atoms with Crippen LogP contribution in [0.2, 0.25) is 0 Å². The highest BCUT2D eigenvalue weighted by molar-refractivity contribution is 5.87. The summed E-state index contributed by atoms with van der Waals surface area (Å²) in [4.78, 5) is 20.4. The Labute approximate surface area is 166 Å². The number of benzene rings is 2. The highest BCUT2D eigenvalue weighted by Gasteiger charge is 1.99. The van der Waals surface area contributed by atoms with Gasteiger partial charge in [-0.3, -0.25) is 0 Å². The lowest BCUT2D eigenvalue weighted by Crippen LogP contribution is -2.10. The number of hydrogen-bond acceptors (Lipinski definition) is 4. The molecule has 0 aliphatic heterocycles. The maximum atomic E-state index is 10.2. The standard InChI is InChI=1S/C8H18O2.2C7H6O2/c1-2-3-4-5-6-8(10)7-9;2*8-7(9)6-4-2-1-3-5-6/h8-10H,2-7H2,1H3;2*1-5H,(H,8,9). The number of aliphatic hydroxyl groups excluding tert-OH is 2. The zero-order chi connectivity index (χ0) is 21.2. The fourth-order valence-corrected chi connectivity index (χ4v) is 2.06. The summed E-state index contributed by atoms with van der Waals surface area (Å²) in [5, 5.41) is 34.1. The molecule has 0 bridgehead atoms. The van der Waals surface area contributed by atoms with Crippen LogP contribution in [-0.2, 0) is 0 Å². The van der Waals surface area contributed by atoms with Crippen LogP contribution < -0.4 is 0 Å². The van der Waals surface area contributed by atoms with Gasteiger partial charge in [-0.25, -0.2) is 9.59 Å². The Morgan fingerprint density at radius 2 is 1.21 bits per heavy atom. The Morgan fingerprint density at radius 3 is 1.50 bits per heavy atom. The van der Waals surface area contributed by atoms with Gasteiger partial charge < -0.3 is 20.4 Å². The van der Waals surface area contributed by atoms with Gasteiger partial charge in [-0.15, -0.1) is 0 Å². The molecule has 0 amide bonds. The number of hydrogen-bond donors (Lipinski definition) is 4. The van der Waals surface area contributed by atoms with Crippen molar-refractivity contribution in [3.8, 4) is 0 Å². The largest absolute Gasteiger partial charge is 0.478 e. The highest BCUT2D eigenvalue weighted by atomic mass is 16.4. The molecule has 4 N–H and O–H groups in total. The Bertz CT molecular complexity index is 593. The first-order chi connectivity index (χ1) is 13.4. The van der Waals surface area contributed by atoms with E-state index in [2.05, 4.69) is 6.92 Å². The van der Waals surface area contributed by atoms with E-state index >= 15 is 0 Å². The second-order valence-corrected chi connectivity index (χ2v) is 6.03. The fraction of sp³-hybridized carbons (Fsp3) is 0.364. The number of carboxylic acids is 2. The van der Waals surface area contributed by atoms with E-state index in [0.717, 1.165) is 12.8 Å². The van der Waals surface area contributed by atoms with Gasteiger partial charge in [-0.2, -0.15) is 0 Å². The van der Waals surface area contributed by atoms with Gasteiger partial charge in [0.25, 0.3) is 0 Å². The number of carbonyl (C=O) groups is 2. The third-order valence-corrected chi connectivity index (χ3v) is 3.64. The van der Waals surface area contributed by atoms with E-state index in [-0.39, 0.29) is 6.61 Å². The van der Waals surface area contributed by atoms with Crippen LogP contribution in [0.4, 0.5) is 0 Å². The van der Waals surface area contributed by atoms with Crippen molar-refractivity contribution < 1.29 is 30.0 Å². The van der Waals surface area contributed by atoms with Crippen LogP contribution >= 0.6 is 0 Å². The summed E-state index contributed by atoms with van der Waals surface area (Å²) in [6.45, 7) is 2.06. The van der Waals surface area contributed by atoms with Gasteiger partial charge in [0, 0.05) is 0 Å². The van der Waals surface area contributed by atoms with Crippen LogP contribution in [0.15, 0.2) is 60.7 Å². The number of carboxylic acid groups (broad SMARTS) is 2. The minimum atomic E-state index is -0.879. The Hall–Kier alpha value is -2.70. The minimum Gasteiger partial charge on any atom is -0.478 e. The van der Waals surface area contributed by atoms with E-state index in [1.807, 2.05) is 0 Å². The SMILES string of the molecule is CCCCCCC(O)CO.O=C(O)c1ccccc1.O=C(O)c1ccccc1. The lowest BCUT2D eigenvalue weighted by atomic mass is 10.1. The van der Waals surface area contributed by atoms with E-state index in [9.17, 15) is 9.59 Å². The van der Waals surface area contributed by atoms with Crippen molar-refractivity contribution in [2.45, 2.75) is 45.1 Å². The smallest absolute Gasteiger partial charge is 0.335 e. The van der Waals surface area contributed by atoms with E-state index in [0.29, 0.717) is 11.1 Å². The van der Waals surface area contributed by atoms with Gasteiger partial charge in [-0.05, 0) is 30.7 Å². The van der Waals surface area contributed by atoms with Crippen molar-refractivity contribution in [2.24, 2.45) is 0 Å². The molecule has 154 valence electrons. The molecule has 0 aliphatic rings. The summed E-state index contributed by atoms with van der Waals surface area (Å²) in [5.74, 6) is -1.76. The monoisotopic (exact) mass is 390 g/mol. The Morgan fingerprint density at radius 1 is 0.786 bits per heavy atom. The van der Waals surface area contributed by atoms with Crippen molar-refractivity contribution in [3.05, 3.63) is 71.8 Å². The predicted molar refractivity (Wildman–Crippen MR) is 109 cm³/mol. The molecular formula is C22H30O6. The molecule has 1 unspecified atom stereocenters. The average molecular weight is 390 g/mol. The van der Waals surface area contributed by atoms with Crippen molar-refractivity contribution in [3.63, 3.8) is 0 Å². The van der Waals surface area contributed by atoms with Crippen molar-refractivity contribution in [1.29, 1.82) is 0 Å². The fourth-order valence-electron chi connectivity index (χ4n) is 2.06. The summed E-state index contributed by atoms with van der Waals surface area (Å²) in [6.07, 6.45) is 4.92. The molecule has 6 nitrogen and oxygen atoms in total. The molecule has 1 atom stereocenters. The Balaban J connectivity index is 0.000000391. The van der Waals surface area contributed by atoms with Gasteiger partial charge in [0.2, 0.25) is 0 Å². The van der Waals surface area contributed by atoms with E-state index in [1.165, 1.54) is 19.3 Å². The first kappa shape index (κ1) is 25.3. The molecule has 0 saturated heterocycles. The summed E-state index contributed by atoms with van der Waals surface area (Å²) >= 11 is 0. The van der Waals surface area contributed by atoms with Gasteiger partial charge in [0.1, 0.15) is 0 Å². The Kier molecular flexibility index (Phi) is 14.9. The molecule has 0 aromatic heterocycles. The van der Waals surface area contributed by atoms with Crippen LogP contribution in [0.3, 0.4) is 0 Å². The van der Waals surface area contributed by atoms with Gasteiger partial charge >= 0.3 is 11.9 Å². The number of unbranched alkanes of at least 4 members (excludes halogenated alkanes) is 3. The molecule has 2 aromatic carbocycles. The molecule has 28 heavy (non-hydrogen) atoms. The number of rotatable bonds is 8. The lowest BCUT2D eigenvalue weighted by Gasteiger charge is -2.04. The van der Waals surface area contributed by atoms with Crippen molar-refractivity contribution >= 4 is 11.9 Å². The third kappa shape index (κ3) is 13.5. The van der Waals surface area contributed by atoms with E-state index in [1.54, 1.807) is 60.7 Å². The molecule has 2 aromatic rings. The highest BCUT2D eigenvalue weighted by Crippen LogP contribution is 2.04. The number of aliphatic hydroxyl groups is 2. The predicted octanol–water partition coefficient (Wildman–Crippen LogP) is 4.08. The second-order valence-electron chi connectivity index (χ2n) is 6.03. The third-order valence-electron chi connectivity index (χ3n) is 3.64. The first-order valence-corrected chi connectivity index (χ1v) is 9.27. The number of aromatic carboxylic acids is 2. The van der Waals surface area contributed by atoms with Crippen LogP contribution in [0, 0.1) is 0 Å². The summed E-state index contributed by atoms with van der Waals surface area (Å²) < 4.78 is 0. The molecule has 0 heterocycles. The minimum absolute atomic E-state index is 0.0911. The topological polar surface area (TPSA) is 115 Å². The quantitative estimate of drug-likeness (QED) is 0.505. The average Bonchev–Trinajstić information content (AvgIpc) is 2.73. The summed E-state index contributed by atoms with van der Waals surface area (Å²) in [7, 11) is 0. The van der Waals surface area contributed by atoms with Crippen LogP contribution in [0.1, 0.15) is 59.7 Å². The maximum absolute atomic E-state index is 10.2. The lowest BCUT2D eigenvalue weighted by molar-refractivity contribution is 0.0686. The zero-order valence-electron chi connectivity index (χ0n) is 16.2. The molecule has 0 aliphatic carbocycles. The summed E-state index contributed by atoms with van der Waals surface area (Å²) in [6, 6.07) is 16.6. The van der Waals surface area contributed by atoms with Crippen LogP contribution in [0.25, 0.3) is 0 Å². The van der Waals surface area contributed by atoms with Crippen LogP contribution in [-0.4, -0.2) is 45.1 Å². The maximum Gasteiger partial charge on any atom is 0.335 e. The molecule has 0 spiro atoms. The molecule has 0 fully saturated rings. The first-order valence-electron chi connectivity index (χ1n) is 9.27. The van der Waals surface area contributed by atoms with E-state index in [4.69, 9.17) is 20.4 Å². The van der Waals surface area contributed by atoms with Gasteiger partial charge in [0.15, 0.2) is 0 Å². The van der Waals surface area contributed by atoms with E-state index < -0.39 is 18.0 Å². The zero-order valence-corrected chi connectivity index (χ0v) is 16.2. The second kappa shape index (κ2) is 16.5. The molecule has 6 heteroatoms. The van der Waals surface area contributed by atoms with Gasteiger partial charge in [-0.1, -0.05) is 69.0 Å². The normalized spacial score (nSPS) is 10.5. The molecule has 0 saturated carbocycles. The molecule has 0 radical (unpaired) electrons. The molecular weight excluding hydrogens is 360 g/mol. The molecule has 2 rings (SSSR count). The van der Waals surface area contributed by atoms with Crippen molar-refractivity contribution in [1.82, 2.24) is 0 Å².